The number of rotatable bonds is 0. The Hall–Kier alpha value is -0.530. The van der Waals surface area contributed by atoms with Gasteiger partial charge in [-0.15, -0.1) is 0 Å². The molecule has 0 aliphatic carbocycles. The normalized spacial score (nSPS) is 20.3. The second kappa shape index (κ2) is 3.46. The Morgan fingerprint density at radius 3 is 2.00 bits per heavy atom. The second-order valence-electron chi connectivity index (χ2n) is 4.49. The fourth-order valence-electron chi connectivity index (χ4n) is 1.88. The van der Waals surface area contributed by atoms with E-state index < -0.39 is 0 Å². The summed E-state index contributed by atoms with van der Waals surface area (Å²) >= 11 is 0. The van der Waals surface area contributed by atoms with Crippen molar-refractivity contribution in [2.45, 2.75) is 33.6 Å². The zero-order valence-electron chi connectivity index (χ0n) is 8.72. The van der Waals surface area contributed by atoms with Gasteiger partial charge in [-0.1, -0.05) is 20.8 Å². The van der Waals surface area contributed by atoms with E-state index in [-0.39, 0.29) is 5.41 Å². The molecular formula is C10H20N2. The second-order valence-corrected chi connectivity index (χ2v) is 4.49. The van der Waals surface area contributed by atoms with Gasteiger partial charge >= 0.3 is 0 Å². The quantitative estimate of drug-likeness (QED) is 0.400. The molecule has 1 rings (SSSR count). The number of hydrogen-bond donors (Lipinski definition) is 0. The minimum Gasteiger partial charge on any atom is -0.360 e. The monoisotopic (exact) mass is 168 g/mol. The first-order chi connectivity index (χ1) is 5.55. The van der Waals surface area contributed by atoms with E-state index in [1.807, 2.05) is 7.05 Å². The van der Waals surface area contributed by atoms with Crippen LogP contribution in [0.2, 0.25) is 0 Å². The first kappa shape index (κ1) is 9.56. The molecule has 1 fully saturated rings. The Bertz CT molecular complexity index is 171. The van der Waals surface area contributed by atoms with E-state index in [0.717, 1.165) is 0 Å². The van der Waals surface area contributed by atoms with Crippen LogP contribution in [-0.2, 0) is 0 Å². The van der Waals surface area contributed by atoms with E-state index in [2.05, 4.69) is 30.7 Å². The topological polar surface area (TPSA) is 15.6 Å². The van der Waals surface area contributed by atoms with Gasteiger partial charge in [0, 0.05) is 25.6 Å². The standard InChI is InChI=1S/C10H20N2/c1-10(2,3)9(11-4)12-7-5-6-8-12/h5-8H2,1-4H3. The largest absolute Gasteiger partial charge is 0.360 e. The van der Waals surface area contributed by atoms with Crippen molar-refractivity contribution in [2.75, 3.05) is 20.1 Å². The van der Waals surface area contributed by atoms with Gasteiger partial charge in [0.05, 0.1) is 0 Å². The molecular weight excluding hydrogens is 148 g/mol. The van der Waals surface area contributed by atoms with E-state index in [4.69, 9.17) is 0 Å². The smallest absolute Gasteiger partial charge is 0.104 e. The Morgan fingerprint density at radius 2 is 1.67 bits per heavy atom. The van der Waals surface area contributed by atoms with Crippen LogP contribution in [0.1, 0.15) is 33.6 Å². The Labute approximate surface area is 75.7 Å². The van der Waals surface area contributed by atoms with Crippen LogP contribution < -0.4 is 0 Å². The molecule has 0 N–H and O–H groups in total. The lowest BCUT2D eigenvalue weighted by Gasteiger charge is -2.29. The van der Waals surface area contributed by atoms with Crippen LogP contribution in [0.3, 0.4) is 0 Å². The van der Waals surface area contributed by atoms with Crippen LogP contribution >= 0.6 is 0 Å². The Morgan fingerprint density at radius 1 is 1.17 bits per heavy atom. The SMILES string of the molecule is CN=C(N1CCCC1)C(C)(C)C. The molecule has 0 radical (unpaired) electrons. The molecule has 12 heavy (non-hydrogen) atoms. The molecule has 2 nitrogen and oxygen atoms in total. The average molecular weight is 168 g/mol. The molecule has 0 aromatic heterocycles. The third-order valence-corrected chi connectivity index (χ3v) is 2.29. The van der Waals surface area contributed by atoms with Crippen LogP contribution in [0.5, 0.6) is 0 Å². The first-order valence-electron chi connectivity index (χ1n) is 4.78. The van der Waals surface area contributed by atoms with Gasteiger partial charge in [-0.2, -0.15) is 0 Å². The maximum absolute atomic E-state index is 4.38. The molecule has 1 aliphatic heterocycles. The highest BCUT2D eigenvalue weighted by Gasteiger charge is 2.25. The summed E-state index contributed by atoms with van der Waals surface area (Å²) in [6.07, 6.45) is 2.66. The van der Waals surface area contributed by atoms with Crippen molar-refractivity contribution in [1.29, 1.82) is 0 Å². The van der Waals surface area contributed by atoms with Gasteiger partial charge < -0.3 is 4.90 Å². The maximum Gasteiger partial charge on any atom is 0.104 e. The van der Waals surface area contributed by atoms with Crippen LogP contribution in [-0.4, -0.2) is 30.9 Å². The Balaban J connectivity index is 2.69. The summed E-state index contributed by atoms with van der Waals surface area (Å²) in [7, 11) is 1.90. The number of aliphatic imine (C=N–C) groups is 1. The molecule has 0 amide bonds. The molecule has 1 saturated heterocycles. The van der Waals surface area contributed by atoms with E-state index in [1.165, 1.54) is 31.8 Å². The van der Waals surface area contributed by atoms with Gasteiger partial charge in [-0.3, -0.25) is 4.99 Å². The number of hydrogen-bond acceptors (Lipinski definition) is 1. The zero-order chi connectivity index (χ0) is 9.19. The molecule has 0 bridgehead atoms. The number of amidine groups is 1. The third kappa shape index (κ3) is 1.99. The van der Waals surface area contributed by atoms with E-state index >= 15 is 0 Å². The minimum absolute atomic E-state index is 0.207. The molecule has 0 aromatic rings. The lowest BCUT2D eigenvalue weighted by molar-refractivity contribution is 0.431. The molecule has 0 unspecified atom stereocenters. The molecule has 70 valence electrons. The highest BCUT2D eigenvalue weighted by Crippen LogP contribution is 2.22. The van der Waals surface area contributed by atoms with E-state index in [9.17, 15) is 0 Å². The third-order valence-electron chi connectivity index (χ3n) is 2.29. The van der Waals surface area contributed by atoms with Gasteiger partial charge in [0.25, 0.3) is 0 Å². The van der Waals surface area contributed by atoms with E-state index in [1.54, 1.807) is 0 Å². The fourth-order valence-corrected chi connectivity index (χ4v) is 1.88. The number of nitrogens with zero attached hydrogens (tertiary/aromatic N) is 2. The predicted molar refractivity (Wildman–Crippen MR) is 53.6 cm³/mol. The van der Waals surface area contributed by atoms with Gasteiger partial charge in [0.15, 0.2) is 0 Å². The van der Waals surface area contributed by atoms with Gasteiger partial charge in [-0.25, -0.2) is 0 Å². The van der Waals surface area contributed by atoms with Crippen molar-refractivity contribution >= 4 is 5.84 Å². The van der Waals surface area contributed by atoms with Crippen LogP contribution in [0, 0.1) is 5.41 Å². The summed E-state index contributed by atoms with van der Waals surface area (Å²) in [6.45, 7) is 9.09. The van der Waals surface area contributed by atoms with Crippen LogP contribution in [0.25, 0.3) is 0 Å². The maximum atomic E-state index is 4.38. The lowest BCUT2D eigenvalue weighted by Crippen LogP contribution is -2.37. The van der Waals surface area contributed by atoms with Crippen molar-refractivity contribution in [3.8, 4) is 0 Å². The van der Waals surface area contributed by atoms with Crippen molar-refractivity contribution in [2.24, 2.45) is 10.4 Å². The summed E-state index contributed by atoms with van der Waals surface area (Å²) < 4.78 is 0. The van der Waals surface area contributed by atoms with Crippen molar-refractivity contribution in [1.82, 2.24) is 4.90 Å². The summed E-state index contributed by atoms with van der Waals surface area (Å²) in [6, 6.07) is 0. The van der Waals surface area contributed by atoms with Crippen molar-refractivity contribution in [3.05, 3.63) is 0 Å². The van der Waals surface area contributed by atoms with Crippen molar-refractivity contribution < 1.29 is 0 Å². The molecule has 2 heteroatoms. The molecule has 1 heterocycles. The van der Waals surface area contributed by atoms with Gasteiger partial charge in [-0.05, 0) is 12.8 Å². The molecule has 0 spiro atoms. The zero-order valence-corrected chi connectivity index (χ0v) is 8.72. The summed E-state index contributed by atoms with van der Waals surface area (Å²) in [5, 5.41) is 0. The van der Waals surface area contributed by atoms with Crippen LogP contribution in [0.15, 0.2) is 4.99 Å². The van der Waals surface area contributed by atoms with Gasteiger partial charge in [0.2, 0.25) is 0 Å². The summed E-state index contributed by atoms with van der Waals surface area (Å²) in [5.74, 6) is 1.26. The van der Waals surface area contributed by atoms with Gasteiger partial charge in [0.1, 0.15) is 5.84 Å². The fraction of sp³-hybridized carbons (Fsp3) is 0.900. The molecule has 0 saturated carbocycles. The van der Waals surface area contributed by atoms with Crippen molar-refractivity contribution in [3.63, 3.8) is 0 Å². The average Bonchev–Trinajstić information content (AvgIpc) is 2.38. The molecule has 0 atom stereocenters. The molecule has 0 aromatic carbocycles. The van der Waals surface area contributed by atoms with Crippen LogP contribution in [0.4, 0.5) is 0 Å². The minimum atomic E-state index is 0.207. The molecule has 1 aliphatic rings. The van der Waals surface area contributed by atoms with E-state index in [0.29, 0.717) is 0 Å². The summed E-state index contributed by atoms with van der Waals surface area (Å²) in [4.78, 5) is 6.80. The predicted octanol–water partition coefficient (Wildman–Crippen LogP) is 2.16. The summed E-state index contributed by atoms with van der Waals surface area (Å²) in [5.41, 5.74) is 0.207. The highest BCUT2D eigenvalue weighted by atomic mass is 15.2. The lowest BCUT2D eigenvalue weighted by atomic mass is 9.94. The number of likely N-dealkylation sites (tertiary alicyclic amines) is 1. The Kier molecular flexibility index (Phi) is 2.76. The first-order valence-corrected chi connectivity index (χ1v) is 4.78. The highest BCUT2D eigenvalue weighted by molar-refractivity contribution is 5.87.